The summed E-state index contributed by atoms with van der Waals surface area (Å²) in [5.74, 6) is 1.11. The average molecular weight is 289 g/mol. The van der Waals surface area contributed by atoms with E-state index in [1.54, 1.807) is 6.92 Å². The number of hydrogen-bond donors (Lipinski definition) is 1. The summed E-state index contributed by atoms with van der Waals surface area (Å²) in [6.45, 7) is 6.39. The van der Waals surface area contributed by atoms with Crippen molar-refractivity contribution in [1.29, 1.82) is 0 Å². The highest BCUT2D eigenvalue weighted by atomic mass is 19.1. The second-order valence-electron chi connectivity index (χ2n) is 5.08. The molecular formula is C17H20FNO2. The van der Waals surface area contributed by atoms with Crippen LogP contribution in [0.1, 0.15) is 32.3 Å². The maximum absolute atomic E-state index is 13.7. The van der Waals surface area contributed by atoms with Crippen molar-refractivity contribution in [3.05, 3.63) is 47.8 Å². The van der Waals surface area contributed by atoms with E-state index in [4.69, 9.17) is 15.2 Å². The molecule has 0 atom stereocenters. The van der Waals surface area contributed by atoms with Gasteiger partial charge in [0.25, 0.3) is 0 Å². The van der Waals surface area contributed by atoms with Gasteiger partial charge in [-0.25, -0.2) is 4.39 Å². The van der Waals surface area contributed by atoms with Crippen LogP contribution in [0, 0.1) is 5.82 Å². The predicted octanol–water partition coefficient (Wildman–Crippen LogP) is 4.72. The smallest absolute Gasteiger partial charge is 0.167 e. The van der Waals surface area contributed by atoms with Gasteiger partial charge in [-0.3, -0.25) is 0 Å². The first-order valence-electron chi connectivity index (χ1n) is 7.01. The Kier molecular flexibility index (Phi) is 4.68. The number of halogens is 1. The Bertz CT molecular complexity index is 626. The lowest BCUT2D eigenvalue weighted by atomic mass is 10.0. The van der Waals surface area contributed by atoms with E-state index in [2.05, 4.69) is 13.8 Å². The summed E-state index contributed by atoms with van der Waals surface area (Å²) in [4.78, 5) is 0. The number of anilines is 1. The summed E-state index contributed by atoms with van der Waals surface area (Å²) >= 11 is 0. The van der Waals surface area contributed by atoms with Gasteiger partial charge in [0.1, 0.15) is 5.75 Å². The largest absolute Gasteiger partial charge is 0.491 e. The average Bonchev–Trinajstić information content (AvgIpc) is 2.44. The highest BCUT2D eigenvalue weighted by Gasteiger charge is 2.11. The molecule has 0 fully saturated rings. The molecule has 0 heterocycles. The quantitative estimate of drug-likeness (QED) is 0.810. The molecule has 0 aliphatic heterocycles. The number of rotatable bonds is 5. The molecule has 0 amide bonds. The van der Waals surface area contributed by atoms with Crippen molar-refractivity contribution >= 4 is 5.69 Å². The van der Waals surface area contributed by atoms with Crippen LogP contribution in [0.2, 0.25) is 0 Å². The molecule has 2 aromatic rings. The van der Waals surface area contributed by atoms with Crippen molar-refractivity contribution < 1.29 is 13.9 Å². The Morgan fingerprint density at radius 3 is 2.57 bits per heavy atom. The zero-order valence-corrected chi connectivity index (χ0v) is 12.5. The van der Waals surface area contributed by atoms with Crippen molar-refractivity contribution in [3.63, 3.8) is 0 Å². The minimum Gasteiger partial charge on any atom is -0.491 e. The van der Waals surface area contributed by atoms with E-state index in [0.29, 0.717) is 24.0 Å². The summed E-state index contributed by atoms with van der Waals surface area (Å²) in [5.41, 5.74) is 7.22. The molecule has 0 bridgehead atoms. The van der Waals surface area contributed by atoms with Gasteiger partial charge >= 0.3 is 0 Å². The second kappa shape index (κ2) is 6.48. The molecular weight excluding hydrogens is 269 g/mol. The third-order valence-corrected chi connectivity index (χ3v) is 3.12. The number of ether oxygens (including phenoxy) is 2. The van der Waals surface area contributed by atoms with Gasteiger partial charge in [-0.15, -0.1) is 0 Å². The minimum atomic E-state index is -0.488. The van der Waals surface area contributed by atoms with E-state index in [1.807, 2.05) is 24.3 Å². The first-order chi connectivity index (χ1) is 10.0. The van der Waals surface area contributed by atoms with Crippen LogP contribution in [0.3, 0.4) is 0 Å². The maximum atomic E-state index is 13.7. The Morgan fingerprint density at radius 1 is 1.14 bits per heavy atom. The molecule has 4 heteroatoms. The highest BCUT2D eigenvalue weighted by Crippen LogP contribution is 2.34. The SMILES string of the molecule is CCOc1cc(Oc2cccc(C(C)C)c2)c(N)cc1F. The normalized spacial score (nSPS) is 10.7. The second-order valence-corrected chi connectivity index (χ2v) is 5.08. The molecule has 0 unspecified atom stereocenters. The van der Waals surface area contributed by atoms with E-state index in [-0.39, 0.29) is 11.4 Å². The first-order valence-corrected chi connectivity index (χ1v) is 7.01. The third kappa shape index (κ3) is 3.66. The van der Waals surface area contributed by atoms with Crippen LogP contribution >= 0.6 is 0 Å². The fraction of sp³-hybridized carbons (Fsp3) is 0.294. The molecule has 0 spiro atoms. The summed E-state index contributed by atoms with van der Waals surface area (Å²) in [5, 5.41) is 0. The molecule has 21 heavy (non-hydrogen) atoms. The van der Waals surface area contributed by atoms with Crippen LogP contribution in [0.15, 0.2) is 36.4 Å². The molecule has 0 aromatic heterocycles. The van der Waals surface area contributed by atoms with Crippen molar-refractivity contribution in [2.45, 2.75) is 26.7 Å². The lowest BCUT2D eigenvalue weighted by Gasteiger charge is -2.13. The Morgan fingerprint density at radius 2 is 1.90 bits per heavy atom. The zero-order valence-electron chi connectivity index (χ0n) is 12.5. The molecule has 0 saturated heterocycles. The van der Waals surface area contributed by atoms with Crippen LogP contribution in [0.25, 0.3) is 0 Å². The van der Waals surface area contributed by atoms with E-state index in [9.17, 15) is 4.39 Å². The number of hydrogen-bond acceptors (Lipinski definition) is 3. The monoisotopic (exact) mass is 289 g/mol. The standard InChI is InChI=1S/C17H20FNO2/c1-4-20-16-10-17(15(19)9-14(16)18)21-13-7-5-6-12(8-13)11(2)3/h5-11H,4,19H2,1-3H3. The molecule has 2 rings (SSSR count). The van der Waals surface area contributed by atoms with Crippen LogP contribution in [-0.2, 0) is 0 Å². The fourth-order valence-corrected chi connectivity index (χ4v) is 1.97. The van der Waals surface area contributed by atoms with Gasteiger partial charge in [-0.2, -0.15) is 0 Å². The molecule has 0 aliphatic carbocycles. The van der Waals surface area contributed by atoms with Gasteiger partial charge in [0.05, 0.1) is 12.3 Å². The summed E-state index contributed by atoms with van der Waals surface area (Å²) in [7, 11) is 0. The number of nitrogens with two attached hydrogens (primary N) is 1. The number of benzene rings is 2. The summed E-state index contributed by atoms with van der Waals surface area (Å²) in [6.07, 6.45) is 0. The van der Waals surface area contributed by atoms with E-state index in [1.165, 1.54) is 17.7 Å². The van der Waals surface area contributed by atoms with Crippen LogP contribution in [0.5, 0.6) is 17.2 Å². The number of nitrogen functional groups attached to an aromatic ring is 1. The molecule has 2 N–H and O–H groups in total. The van der Waals surface area contributed by atoms with Crippen molar-refractivity contribution in [1.82, 2.24) is 0 Å². The Balaban J connectivity index is 2.30. The summed E-state index contributed by atoms with van der Waals surface area (Å²) in [6, 6.07) is 10.5. The van der Waals surface area contributed by atoms with Crippen molar-refractivity contribution in [2.75, 3.05) is 12.3 Å². The van der Waals surface area contributed by atoms with Gasteiger partial charge in [-0.1, -0.05) is 26.0 Å². The fourth-order valence-electron chi connectivity index (χ4n) is 1.97. The highest BCUT2D eigenvalue weighted by molar-refractivity contribution is 5.57. The lowest BCUT2D eigenvalue weighted by molar-refractivity contribution is 0.319. The van der Waals surface area contributed by atoms with E-state index < -0.39 is 5.82 Å². The van der Waals surface area contributed by atoms with Crippen molar-refractivity contribution in [3.8, 4) is 17.2 Å². The molecule has 0 aliphatic rings. The predicted molar refractivity (Wildman–Crippen MR) is 82.6 cm³/mol. The van der Waals surface area contributed by atoms with Crippen molar-refractivity contribution in [2.24, 2.45) is 0 Å². The van der Waals surface area contributed by atoms with Gasteiger partial charge in [-0.05, 0) is 30.5 Å². The van der Waals surface area contributed by atoms with Gasteiger partial charge in [0, 0.05) is 12.1 Å². The van der Waals surface area contributed by atoms with Gasteiger partial charge in [0.2, 0.25) is 0 Å². The Labute approximate surface area is 124 Å². The molecule has 112 valence electrons. The van der Waals surface area contributed by atoms with Gasteiger partial charge in [0.15, 0.2) is 17.3 Å². The summed E-state index contributed by atoms with van der Waals surface area (Å²) < 4.78 is 24.7. The molecule has 2 aromatic carbocycles. The van der Waals surface area contributed by atoms with Crippen LogP contribution in [-0.4, -0.2) is 6.61 Å². The zero-order chi connectivity index (χ0) is 15.4. The molecule has 0 saturated carbocycles. The molecule has 3 nitrogen and oxygen atoms in total. The van der Waals surface area contributed by atoms with Gasteiger partial charge < -0.3 is 15.2 Å². The van der Waals surface area contributed by atoms with E-state index >= 15 is 0 Å². The van der Waals surface area contributed by atoms with Crippen LogP contribution in [0.4, 0.5) is 10.1 Å². The molecule has 0 radical (unpaired) electrons. The van der Waals surface area contributed by atoms with Crippen LogP contribution < -0.4 is 15.2 Å². The maximum Gasteiger partial charge on any atom is 0.167 e. The lowest BCUT2D eigenvalue weighted by Crippen LogP contribution is -1.99. The Hall–Kier alpha value is -2.23. The third-order valence-electron chi connectivity index (χ3n) is 3.12. The topological polar surface area (TPSA) is 44.5 Å². The van der Waals surface area contributed by atoms with E-state index in [0.717, 1.165) is 0 Å². The minimum absolute atomic E-state index is 0.140. The first kappa shape index (κ1) is 15.2.